The number of nitrogens with zero attached hydrogens (tertiary/aromatic N) is 1. The van der Waals surface area contributed by atoms with Crippen LogP contribution in [0.15, 0.2) is 18.2 Å². The van der Waals surface area contributed by atoms with Gasteiger partial charge in [0.2, 0.25) is 0 Å². The van der Waals surface area contributed by atoms with Crippen molar-refractivity contribution in [1.82, 2.24) is 4.31 Å². The summed E-state index contributed by atoms with van der Waals surface area (Å²) in [6, 6.07) is 3.91. The van der Waals surface area contributed by atoms with Crippen LogP contribution in [0.2, 0.25) is 0 Å². The zero-order valence-electron chi connectivity index (χ0n) is 10.7. The van der Waals surface area contributed by atoms with Gasteiger partial charge in [-0.05, 0) is 59.5 Å². The van der Waals surface area contributed by atoms with E-state index in [0.29, 0.717) is 35.2 Å². The maximum Gasteiger partial charge on any atom is 0.301 e. The number of hydrogen-bond acceptors (Lipinski definition) is 3. The largest absolute Gasteiger partial charge is 0.396 e. The summed E-state index contributed by atoms with van der Waals surface area (Å²) < 4.78 is 41.8. The first-order valence-corrected chi connectivity index (χ1v) is 8.78. The van der Waals surface area contributed by atoms with Crippen molar-refractivity contribution < 1.29 is 17.9 Å². The Bertz CT molecular complexity index is 574. The normalized spacial score (nSPS) is 18.1. The molecule has 0 radical (unpaired) electrons. The molecule has 0 atom stereocenters. The molecule has 0 spiro atoms. The molecule has 8 heteroatoms. The van der Waals surface area contributed by atoms with Crippen LogP contribution in [0, 0.1) is 15.3 Å². The Kier molecular flexibility index (Phi) is 5.21. The van der Waals surface area contributed by atoms with Crippen LogP contribution in [0.25, 0.3) is 0 Å². The van der Waals surface area contributed by atoms with Gasteiger partial charge in [-0.3, -0.25) is 4.72 Å². The number of benzene rings is 1. The van der Waals surface area contributed by atoms with Crippen LogP contribution in [0.1, 0.15) is 12.8 Å². The number of anilines is 1. The maximum atomic E-state index is 13.0. The Balaban J connectivity index is 2.08. The van der Waals surface area contributed by atoms with Crippen molar-refractivity contribution in [3.8, 4) is 0 Å². The molecule has 1 fully saturated rings. The number of nitrogens with one attached hydrogen (secondary N) is 1. The molecule has 1 aliphatic rings. The second-order valence-electron chi connectivity index (χ2n) is 4.76. The van der Waals surface area contributed by atoms with Crippen LogP contribution in [0.4, 0.5) is 10.1 Å². The maximum absolute atomic E-state index is 13.0. The van der Waals surface area contributed by atoms with Gasteiger partial charge in [0, 0.05) is 23.3 Å². The van der Waals surface area contributed by atoms with Crippen molar-refractivity contribution in [2.75, 3.05) is 24.4 Å². The standard InChI is InChI=1S/C12H16FIN2O3S/c13-10-1-2-12(11(14)7-10)15-20(18,19)16-5-3-9(8-17)4-6-16/h1-2,7,9,15,17H,3-6,8H2. The summed E-state index contributed by atoms with van der Waals surface area (Å²) in [7, 11) is -3.63. The van der Waals surface area contributed by atoms with Gasteiger partial charge in [-0.25, -0.2) is 4.39 Å². The van der Waals surface area contributed by atoms with E-state index >= 15 is 0 Å². The van der Waals surface area contributed by atoms with Crippen LogP contribution >= 0.6 is 22.6 Å². The number of halogens is 2. The first-order chi connectivity index (χ1) is 9.42. The van der Waals surface area contributed by atoms with Gasteiger partial charge < -0.3 is 5.11 Å². The van der Waals surface area contributed by atoms with E-state index in [1.54, 1.807) is 0 Å². The molecule has 0 saturated carbocycles. The van der Waals surface area contributed by atoms with E-state index in [9.17, 15) is 12.8 Å². The minimum atomic E-state index is -3.63. The van der Waals surface area contributed by atoms with E-state index in [1.807, 2.05) is 22.6 Å². The monoisotopic (exact) mass is 414 g/mol. The summed E-state index contributed by atoms with van der Waals surface area (Å²) in [5.74, 6) is -0.228. The first kappa shape index (κ1) is 15.9. The van der Waals surface area contributed by atoms with Gasteiger partial charge in [0.15, 0.2) is 0 Å². The molecule has 0 aliphatic carbocycles. The van der Waals surface area contributed by atoms with Gasteiger partial charge in [0.1, 0.15) is 5.82 Å². The summed E-state index contributed by atoms with van der Waals surface area (Å²) in [6.07, 6.45) is 1.30. The summed E-state index contributed by atoms with van der Waals surface area (Å²) in [5.41, 5.74) is 0.372. The zero-order chi connectivity index (χ0) is 14.8. The summed E-state index contributed by atoms with van der Waals surface area (Å²) in [5, 5.41) is 9.06. The van der Waals surface area contributed by atoms with Crippen molar-refractivity contribution in [1.29, 1.82) is 0 Å². The smallest absolute Gasteiger partial charge is 0.301 e. The third-order valence-corrected chi connectivity index (χ3v) is 5.76. The average molecular weight is 414 g/mol. The van der Waals surface area contributed by atoms with E-state index in [4.69, 9.17) is 5.11 Å². The van der Waals surface area contributed by atoms with Gasteiger partial charge in [-0.1, -0.05) is 0 Å². The number of piperidine rings is 1. The molecule has 1 heterocycles. The lowest BCUT2D eigenvalue weighted by molar-refractivity contribution is 0.170. The Labute approximate surface area is 131 Å². The molecule has 1 aromatic carbocycles. The predicted octanol–water partition coefficient (Wildman–Crippen LogP) is 1.79. The molecule has 0 amide bonds. The predicted molar refractivity (Wildman–Crippen MR) is 83.0 cm³/mol. The highest BCUT2D eigenvalue weighted by atomic mass is 127. The van der Waals surface area contributed by atoms with Crippen molar-refractivity contribution in [2.45, 2.75) is 12.8 Å². The van der Waals surface area contributed by atoms with Crippen LogP contribution in [0.5, 0.6) is 0 Å². The highest BCUT2D eigenvalue weighted by Gasteiger charge is 2.28. The van der Waals surface area contributed by atoms with Crippen molar-refractivity contribution in [2.24, 2.45) is 5.92 Å². The number of rotatable bonds is 4. The molecule has 0 unspecified atom stereocenters. The van der Waals surface area contributed by atoms with E-state index < -0.39 is 16.0 Å². The quantitative estimate of drug-likeness (QED) is 0.739. The molecule has 5 nitrogen and oxygen atoms in total. The molecular formula is C12H16FIN2O3S. The average Bonchev–Trinajstić information content (AvgIpc) is 2.42. The minimum absolute atomic E-state index is 0.0944. The van der Waals surface area contributed by atoms with Crippen molar-refractivity contribution in [3.05, 3.63) is 27.6 Å². The first-order valence-electron chi connectivity index (χ1n) is 6.26. The minimum Gasteiger partial charge on any atom is -0.396 e. The molecule has 20 heavy (non-hydrogen) atoms. The molecule has 1 saturated heterocycles. The van der Waals surface area contributed by atoms with Crippen LogP contribution in [-0.4, -0.2) is 37.5 Å². The van der Waals surface area contributed by atoms with E-state index in [-0.39, 0.29) is 12.5 Å². The fourth-order valence-corrected chi connectivity index (χ4v) is 4.18. The van der Waals surface area contributed by atoms with Crippen LogP contribution in [0.3, 0.4) is 0 Å². The topological polar surface area (TPSA) is 69.6 Å². The zero-order valence-corrected chi connectivity index (χ0v) is 13.7. The molecule has 0 aromatic heterocycles. The highest BCUT2D eigenvalue weighted by Crippen LogP contribution is 2.23. The van der Waals surface area contributed by atoms with Crippen molar-refractivity contribution in [3.63, 3.8) is 0 Å². The van der Waals surface area contributed by atoms with E-state index in [0.717, 1.165) is 0 Å². The molecule has 112 valence electrons. The number of aliphatic hydroxyl groups is 1. The molecule has 0 bridgehead atoms. The van der Waals surface area contributed by atoms with Crippen LogP contribution < -0.4 is 4.72 Å². The molecular weight excluding hydrogens is 398 g/mol. The fraction of sp³-hybridized carbons (Fsp3) is 0.500. The van der Waals surface area contributed by atoms with Gasteiger partial charge in [0.05, 0.1) is 5.69 Å². The lowest BCUT2D eigenvalue weighted by Gasteiger charge is -2.30. The lowest BCUT2D eigenvalue weighted by Crippen LogP contribution is -2.42. The van der Waals surface area contributed by atoms with Gasteiger partial charge in [-0.2, -0.15) is 12.7 Å². The third-order valence-electron chi connectivity index (χ3n) is 3.34. The Morgan fingerprint density at radius 3 is 2.60 bits per heavy atom. The Morgan fingerprint density at radius 1 is 1.40 bits per heavy atom. The molecule has 2 N–H and O–H groups in total. The van der Waals surface area contributed by atoms with Crippen molar-refractivity contribution >= 4 is 38.5 Å². The summed E-state index contributed by atoms with van der Waals surface area (Å²) in [6.45, 7) is 0.869. The Hall–Kier alpha value is -0.450. The number of aliphatic hydroxyl groups excluding tert-OH is 1. The third kappa shape index (κ3) is 3.80. The SMILES string of the molecule is O=S(=O)(Nc1ccc(F)cc1I)N1CCC(CO)CC1. The van der Waals surface area contributed by atoms with Gasteiger partial charge >= 0.3 is 10.2 Å². The molecule has 2 rings (SSSR count). The van der Waals surface area contributed by atoms with Gasteiger partial charge in [-0.15, -0.1) is 0 Å². The van der Waals surface area contributed by atoms with Crippen LogP contribution in [-0.2, 0) is 10.2 Å². The second-order valence-corrected chi connectivity index (χ2v) is 7.59. The summed E-state index contributed by atoms with van der Waals surface area (Å²) >= 11 is 1.89. The van der Waals surface area contributed by atoms with E-state index in [1.165, 1.54) is 22.5 Å². The second kappa shape index (κ2) is 6.54. The lowest BCUT2D eigenvalue weighted by atomic mass is 10.00. The molecule has 1 aliphatic heterocycles. The highest BCUT2D eigenvalue weighted by molar-refractivity contribution is 14.1. The molecule has 1 aromatic rings. The summed E-state index contributed by atoms with van der Waals surface area (Å²) in [4.78, 5) is 0. The Morgan fingerprint density at radius 2 is 2.05 bits per heavy atom. The van der Waals surface area contributed by atoms with Gasteiger partial charge in [0.25, 0.3) is 0 Å². The number of hydrogen-bond donors (Lipinski definition) is 2. The van der Waals surface area contributed by atoms with E-state index in [2.05, 4.69) is 4.72 Å². The fourth-order valence-electron chi connectivity index (χ4n) is 2.11.